The Morgan fingerprint density at radius 2 is 1.50 bits per heavy atom. The number of aromatic nitrogens is 1. The fraction of sp³-hybridized carbons (Fsp3) is 0.214. The van der Waals surface area contributed by atoms with E-state index in [1.807, 2.05) is 53.9 Å². The fourth-order valence-electron chi connectivity index (χ4n) is 3.78. The minimum atomic E-state index is -3.63. The van der Waals surface area contributed by atoms with Crippen LogP contribution in [0.2, 0.25) is 5.02 Å². The van der Waals surface area contributed by atoms with Crippen LogP contribution in [0.25, 0.3) is 21.8 Å². The zero-order valence-corrected chi connectivity index (χ0v) is 27.4. The molecule has 0 N–H and O–H groups in total. The molecule has 0 radical (unpaired) electrons. The molecule has 14 heteroatoms. The number of nitrogens with zero attached hydrogens (tertiary/aromatic N) is 3. The molecule has 0 saturated carbocycles. The number of benzene rings is 3. The molecule has 0 bridgehead atoms. The van der Waals surface area contributed by atoms with Crippen LogP contribution >= 0.6 is 38.9 Å². The number of halogens is 2. The Labute approximate surface area is 263 Å². The van der Waals surface area contributed by atoms with Crippen molar-refractivity contribution < 1.29 is 25.2 Å². The Morgan fingerprint density at radius 3 is 2.07 bits per heavy atom. The summed E-state index contributed by atoms with van der Waals surface area (Å²) in [5.74, 6) is 0. The van der Waals surface area contributed by atoms with Gasteiger partial charge in [0.2, 0.25) is 0 Å². The third kappa shape index (κ3) is 9.97. The molecule has 0 aliphatic heterocycles. The topological polar surface area (TPSA) is 115 Å². The van der Waals surface area contributed by atoms with Gasteiger partial charge in [0.15, 0.2) is 0 Å². The van der Waals surface area contributed by atoms with Crippen molar-refractivity contribution in [1.82, 2.24) is 4.98 Å². The van der Waals surface area contributed by atoms with Crippen LogP contribution in [0, 0.1) is 0 Å². The van der Waals surface area contributed by atoms with Gasteiger partial charge in [-0.1, -0.05) is 51.8 Å². The summed E-state index contributed by atoms with van der Waals surface area (Å²) in [6, 6.07) is 21.0. The van der Waals surface area contributed by atoms with Crippen molar-refractivity contribution in [2.75, 3.05) is 43.7 Å². The van der Waals surface area contributed by atoms with Gasteiger partial charge in [0.25, 0.3) is 20.2 Å². The highest BCUT2D eigenvalue weighted by atomic mass is 79.9. The van der Waals surface area contributed by atoms with E-state index in [2.05, 4.69) is 20.9 Å². The first kappa shape index (κ1) is 32.3. The molecule has 3 aromatic carbocycles. The van der Waals surface area contributed by atoms with Gasteiger partial charge in [-0.15, -0.1) is 11.3 Å². The van der Waals surface area contributed by atoms with Crippen LogP contribution in [0.1, 0.15) is 5.56 Å². The quantitative estimate of drug-likeness (QED) is 0.116. The van der Waals surface area contributed by atoms with Gasteiger partial charge in [-0.05, 0) is 42.5 Å². The minimum absolute atomic E-state index is 0.124. The van der Waals surface area contributed by atoms with Crippen molar-refractivity contribution in [3.8, 4) is 21.8 Å². The summed E-state index contributed by atoms with van der Waals surface area (Å²) in [6.07, 6.45) is 3.57. The molecule has 0 saturated heterocycles. The number of hydrogen-bond acceptors (Lipinski definition) is 10. The van der Waals surface area contributed by atoms with Crippen molar-refractivity contribution in [2.45, 2.75) is 0 Å². The normalized spacial score (nSPS) is 12.2. The van der Waals surface area contributed by atoms with Crippen LogP contribution in [-0.2, 0) is 28.6 Å². The van der Waals surface area contributed by atoms with E-state index >= 15 is 0 Å². The lowest BCUT2D eigenvalue weighted by atomic mass is 10.1. The summed E-state index contributed by atoms with van der Waals surface area (Å²) >= 11 is 11.6. The molecule has 4 aromatic rings. The minimum Gasteiger partial charge on any atom is -0.367 e. The van der Waals surface area contributed by atoms with Crippen molar-refractivity contribution in [2.24, 2.45) is 4.99 Å². The molecule has 0 unspecified atom stereocenters. The monoisotopic (exact) mass is 711 g/mol. The molecule has 9 nitrogen and oxygen atoms in total. The fourth-order valence-corrected chi connectivity index (χ4v) is 5.86. The largest absolute Gasteiger partial charge is 0.367 e. The molecule has 0 amide bonds. The van der Waals surface area contributed by atoms with E-state index in [1.165, 1.54) is 0 Å². The van der Waals surface area contributed by atoms with Crippen LogP contribution in [-0.4, -0.2) is 66.8 Å². The predicted molar refractivity (Wildman–Crippen MR) is 173 cm³/mol. The zero-order chi connectivity index (χ0) is 30.3. The molecule has 0 aliphatic rings. The first-order valence-electron chi connectivity index (χ1n) is 12.5. The summed E-state index contributed by atoms with van der Waals surface area (Å²) < 4.78 is 56.1. The maximum absolute atomic E-state index is 11.4. The zero-order valence-electron chi connectivity index (χ0n) is 22.6. The van der Waals surface area contributed by atoms with E-state index in [0.29, 0.717) is 16.3 Å². The molecule has 1 aromatic heterocycles. The summed E-state index contributed by atoms with van der Waals surface area (Å²) in [7, 11) is -7.25. The number of thiazole rings is 1. The van der Waals surface area contributed by atoms with Crippen LogP contribution in [0.4, 0.5) is 11.4 Å². The Morgan fingerprint density at radius 1 is 0.905 bits per heavy atom. The van der Waals surface area contributed by atoms with Gasteiger partial charge in [0, 0.05) is 51.5 Å². The second-order valence-electron chi connectivity index (χ2n) is 9.09. The maximum atomic E-state index is 11.4. The highest BCUT2D eigenvalue weighted by Gasteiger charge is 2.13. The van der Waals surface area contributed by atoms with Gasteiger partial charge in [-0.3, -0.25) is 13.4 Å². The van der Waals surface area contributed by atoms with Crippen LogP contribution in [0.3, 0.4) is 0 Å². The first-order valence-corrected chi connectivity index (χ1v) is 18.1. The van der Waals surface area contributed by atoms with Crippen molar-refractivity contribution in [1.29, 1.82) is 0 Å². The molecule has 0 atom stereocenters. The number of anilines is 1. The highest BCUT2D eigenvalue weighted by molar-refractivity contribution is 9.10. The van der Waals surface area contributed by atoms with E-state index in [9.17, 15) is 16.8 Å². The predicted octanol–water partition coefficient (Wildman–Crippen LogP) is 6.40. The number of rotatable bonds is 13. The Hall–Kier alpha value is -2.65. The Bertz CT molecular complexity index is 1720. The molecule has 4 rings (SSSR count). The first-order chi connectivity index (χ1) is 19.9. The molecule has 222 valence electrons. The van der Waals surface area contributed by atoms with Crippen LogP contribution in [0.15, 0.2) is 81.6 Å². The number of aliphatic imine (C=N–C) groups is 1. The number of hydrogen-bond donors (Lipinski definition) is 0. The van der Waals surface area contributed by atoms with Gasteiger partial charge >= 0.3 is 0 Å². The average Bonchev–Trinajstić information content (AvgIpc) is 3.41. The van der Waals surface area contributed by atoms with Gasteiger partial charge in [0.05, 0.1) is 42.1 Å². The summed E-state index contributed by atoms with van der Waals surface area (Å²) in [5, 5.41) is 3.39. The van der Waals surface area contributed by atoms with Crippen molar-refractivity contribution in [3.05, 3.63) is 87.2 Å². The van der Waals surface area contributed by atoms with E-state index in [0.717, 1.165) is 44.5 Å². The molecular formula is C28H27BrClN3O6S3. The van der Waals surface area contributed by atoms with Crippen LogP contribution in [0.5, 0.6) is 0 Å². The Balaban J connectivity index is 1.43. The van der Waals surface area contributed by atoms with Gasteiger partial charge in [-0.2, -0.15) is 16.8 Å². The summed E-state index contributed by atoms with van der Waals surface area (Å²) in [6.45, 7) is 0.0851. The average molecular weight is 713 g/mol. The summed E-state index contributed by atoms with van der Waals surface area (Å²) in [5.41, 5.74) is 4.98. The molecule has 0 spiro atoms. The summed E-state index contributed by atoms with van der Waals surface area (Å²) in [4.78, 5) is 11.0. The third-order valence-corrected chi connectivity index (χ3v) is 8.71. The molecule has 42 heavy (non-hydrogen) atoms. The smallest absolute Gasteiger partial charge is 0.264 e. The van der Waals surface area contributed by atoms with Crippen molar-refractivity contribution in [3.63, 3.8) is 0 Å². The Kier molecular flexibility index (Phi) is 10.9. The lowest BCUT2D eigenvalue weighted by molar-refractivity contribution is 0.309. The van der Waals surface area contributed by atoms with E-state index in [4.69, 9.17) is 25.0 Å². The molecular weight excluding hydrogens is 686 g/mol. The maximum Gasteiger partial charge on any atom is 0.264 e. The highest BCUT2D eigenvalue weighted by Crippen LogP contribution is 2.31. The van der Waals surface area contributed by atoms with Gasteiger partial charge in [0.1, 0.15) is 5.01 Å². The van der Waals surface area contributed by atoms with Crippen LogP contribution < -0.4 is 4.90 Å². The molecule has 0 aliphatic carbocycles. The molecule has 1 heterocycles. The van der Waals surface area contributed by atoms with Gasteiger partial charge < -0.3 is 4.90 Å². The van der Waals surface area contributed by atoms with E-state index in [-0.39, 0.29) is 26.3 Å². The SMILES string of the molecule is CS(=O)(=O)OCCN(CCOS(C)(=O)=O)c1ccc(C=Nc2ccc(-c3csc(-c4ccc(Br)cc4)n3)cc2)c(Cl)c1. The van der Waals surface area contributed by atoms with Gasteiger partial charge in [-0.25, -0.2) is 4.98 Å². The van der Waals surface area contributed by atoms with E-state index in [1.54, 1.807) is 40.7 Å². The molecule has 0 fully saturated rings. The lowest BCUT2D eigenvalue weighted by Crippen LogP contribution is -2.32. The van der Waals surface area contributed by atoms with Crippen molar-refractivity contribution >= 4 is 76.7 Å². The third-order valence-electron chi connectivity index (χ3n) is 5.78. The second kappa shape index (κ2) is 14.2. The van der Waals surface area contributed by atoms with E-state index < -0.39 is 20.2 Å². The lowest BCUT2D eigenvalue weighted by Gasteiger charge is -2.24. The second-order valence-corrected chi connectivity index (χ2v) is 14.6. The standard InChI is InChI=1S/C28H27BrClN3O6S3/c1-41(34,35)38-15-13-33(14-16-39-42(2,36)37)25-12-7-22(26(30)17-25)18-31-24-10-5-20(6-11-24)27-19-40-28(32-27)21-3-8-23(29)9-4-21/h3-12,17-19H,13-16H2,1-2H3.